The van der Waals surface area contributed by atoms with E-state index in [1.807, 2.05) is 55.6 Å². The standard InChI is InChI=1S/C28H30FN3O2S/c1-28(2)19-32(18-21-8-6-16-35-21)26(22-9-3-4-10-24(22)29)23(27(28)33)17-20-7-5-11-25(30-20)31-12-14-34-15-13-31/h3-11,16-17,26H,12-15,18-19H2,1-2H3. The van der Waals surface area contributed by atoms with Gasteiger partial charge in [0.15, 0.2) is 5.78 Å². The lowest BCUT2D eigenvalue weighted by Crippen LogP contribution is -2.49. The van der Waals surface area contributed by atoms with Crippen molar-refractivity contribution in [2.75, 3.05) is 37.7 Å². The Bertz CT molecular complexity index is 1220. The molecule has 5 nitrogen and oxygen atoms in total. The summed E-state index contributed by atoms with van der Waals surface area (Å²) in [5.41, 5.74) is 1.19. The molecule has 1 aromatic carbocycles. The molecule has 0 amide bonds. The van der Waals surface area contributed by atoms with Crippen molar-refractivity contribution in [3.05, 3.63) is 87.5 Å². The first-order chi connectivity index (χ1) is 16.9. The Balaban J connectivity index is 1.60. The number of carbonyl (C=O) groups excluding carboxylic acids is 1. The van der Waals surface area contributed by atoms with Crippen LogP contribution in [-0.2, 0) is 16.1 Å². The number of anilines is 1. The lowest BCUT2D eigenvalue weighted by atomic mass is 9.74. The van der Waals surface area contributed by atoms with E-state index >= 15 is 4.39 Å². The number of ether oxygens (including phenoxy) is 1. The van der Waals surface area contributed by atoms with Crippen molar-refractivity contribution in [2.45, 2.75) is 26.4 Å². The molecule has 1 atom stereocenters. The molecule has 2 aliphatic heterocycles. The summed E-state index contributed by atoms with van der Waals surface area (Å²) in [7, 11) is 0. The maximum atomic E-state index is 15.2. The second-order valence-electron chi connectivity index (χ2n) is 9.74. The smallest absolute Gasteiger partial charge is 0.167 e. The number of likely N-dealkylation sites (tertiary alicyclic amines) is 1. The first kappa shape index (κ1) is 23.9. The fourth-order valence-corrected chi connectivity index (χ4v) is 5.72. The van der Waals surface area contributed by atoms with Crippen LogP contribution in [0.3, 0.4) is 0 Å². The molecule has 0 aliphatic carbocycles. The van der Waals surface area contributed by atoms with Crippen LogP contribution in [0.4, 0.5) is 10.2 Å². The van der Waals surface area contributed by atoms with Crippen LogP contribution in [0.2, 0.25) is 0 Å². The van der Waals surface area contributed by atoms with Crippen LogP contribution in [0.25, 0.3) is 6.08 Å². The number of aromatic nitrogens is 1. The van der Waals surface area contributed by atoms with E-state index in [4.69, 9.17) is 9.72 Å². The van der Waals surface area contributed by atoms with Gasteiger partial charge < -0.3 is 9.64 Å². The molecule has 35 heavy (non-hydrogen) atoms. The highest BCUT2D eigenvalue weighted by Gasteiger charge is 2.44. The van der Waals surface area contributed by atoms with E-state index < -0.39 is 11.5 Å². The maximum absolute atomic E-state index is 15.2. The van der Waals surface area contributed by atoms with E-state index in [0.29, 0.717) is 43.1 Å². The van der Waals surface area contributed by atoms with Crippen LogP contribution in [0.15, 0.2) is 65.6 Å². The molecule has 0 saturated carbocycles. The first-order valence-electron chi connectivity index (χ1n) is 12.0. The van der Waals surface area contributed by atoms with Gasteiger partial charge in [-0.15, -0.1) is 11.3 Å². The zero-order valence-electron chi connectivity index (χ0n) is 20.1. The van der Waals surface area contributed by atoms with Gasteiger partial charge in [-0.1, -0.05) is 44.2 Å². The van der Waals surface area contributed by atoms with E-state index in [9.17, 15) is 4.79 Å². The minimum Gasteiger partial charge on any atom is -0.378 e. The van der Waals surface area contributed by atoms with Gasteiger partial charge >= 0.3 is 0 Å². The molecule has 2 saturated heterocycles. The molecule has 2 aromatic heterocycles. The fourth-order valence-electron chi connectivity index (χ4n) is 4.99. The average molecular weight is 492 g/mol. The van der Waals surface area contributed by atoms with Gasteiger partial charge in [0.05, 0.1) is 24.9 Å². The van der Waals surface area contributed by atoms with Gasteiger partial charge in [-0.3, -0.25) is 9.69 Å². The Morgan fingerprint density at radius 3 is 2.66 bits per heavy atom. The second-order valence-corrected chi connectivity index (χ2v) is 10.8. The Hall–Kier alpha value is -2.87. The Labute approximate surface area is 209 Å². The third-order valence-corrected chi connectivity index (χ3v) is 7.53. The van der Waals surface area contributed by atoms with Gasteiger partial charge in [-0.2, -0.15) is 0 Å². The summed E-state index contributed by atoms with van der Waals surface area (Å²) in [6, 6.07) is 16.3. The molecule has 1 unspecified atom stereocenters. The number of ketones is 1. The molecule has 0 bridgehead atoms. The number of thiophene rings is 1. The molecular formula is C28H30FN3O2S. The Kier molecular flexibility index (Phi) is 6.82. The van der Waals surface area contributed by atoms with E-state index in [1.54, 1.807) is 23.5 Å². The topological polar surface area (TPSA) is 45.7 Å². The summed E-state index contributed by atoms with van der Waals surface area (Å²) in [5.74, 6) is 0.594. The van der Waals surface area contributed by atoms with Gasteiger partial charge in [0, 0.05) is 47.6 Å². The third-order valence-electron chi connectivity index (χ3n) is 6.67. The van der Waals surface area contributed by atoms with E-state index in [-0.39, 0.29) is 11.6 Å². The highest BCUT2D eigenvalue weighted by atomic mass is 32.1. The Morgan fingerprint density at radius 2 is 1.91 bits per heavy atom. The van der Waals surface area contributed by atoms with Gasteiger partial charge in [-0.25, -0.2) is 9.37 Å². The first-order valence-corrected chi connectivity index (χ1v) is 12.9. The highest BCUT2D eigenvalue weighted by Crippen LogP contribution is 2.43. The number of benzene rings is 1. The van der Waals surface area contributed by atoms with Gasteiger partial charge in [0.2, 0.25) is 0 Å². The quantitative estimate of drug-likeness (QED) is 0.450. The lowest BCUT2D eigenvalue weighted by Gasteiger charge is -2.44. The largest absolute Gasteiger partial charge is 0.378 e. The monoisotopic (exact) mass is 491 g/mol. The number of nitrogens with zero attached hydrogens (tertiary/aromatic N) is 3. The van der Waals surface area contributed by atoms with Crippen molar-refractivity contribution in [3.63, 3.8) is 0 Å². The highest BCUT2D eigenvalue weighted by molar-refractivity contribution is 7.09. The van der Waals surface area contributed by atoms with Crippen LogP contribution < -0.4 is 4.90 Å². The molecule has 2 aliphatic rings. The molecule has 7 heteroatoms. The number of morpholine rings is 1. The fraction of sp³-hybridized carbons (Fsp3) is 0.357. The van der Waals surface area contributed by atoms with Crippen LogP contribution in [0.5, 0.6) is 0 Å². The molecule has 0 N–H and O–H groups in total. The maximum Gasteiger partial charge on any atom is 0.167 e. The van der Waals surface area contributed by atoms with Gasteiger partial charge in [0.1, 0.15) is 11.6 Å². The second kappa shape index (κ2) is 10.0. The molecule has 5 rings (SSSR count). The normalized spacial score (nSPS) is 22.0. The van der Waals surface area contributed by atoms with E-state index in [1.165, 1.54) is 10.9 Å². The van der Waals surface area contributed by atoms with E-state index in [0.717, 1.165) is 18.9 Å². The minimum absolute atomic E-state index is 0.0340. The Morgan fingerprint density at radius 1 is 1.11 bits per heavy atom. The number of hydrogen-bond acceptors (Lipinski definition) is 6. The molecule has 3 aromatic rings. The number of hydrogen-bond donors (Lipinski definition) is 0. The van der Waals surface area contributed by atoms with Gasteiger partial charge in [0.25, 0.3) is 0 Å². The minimum atomic E-state index is -0.604. The molecule has 182 valence electrons. The summed E-state index contributed by atoms with van der Waals surface area (Å²) in [6.45, 7) is 8.04. The summed E-state index contributed by atoms with van der Waals surface area (Å²) >= 11 is 1.67. The zero-order chi connectivity index (χ0) is 24.4. The number of piperidine rings is 1. The summed E-state index contributed by atoms with van der Waals surface area (Å²) in [5, 5.41) is 2.05. The summed E-state index contributed by atoms with van der Waals surface area (Å²) in [4.78, 5) is 24.3. The SMILES string of the molecule is CC1(C)CN(Cc2cccs2)C(c2ccccc2F)C(=Cc2cccc(N3CCOCC3)n2)C1=O. The number of carbonyl (C=O) groups is 1. The molecule has 0 radical (unpaired) electrons. The van der Waals surface area contributed by atoms with Crippen molar-refractivity contribution >= 4 is 29.0 Å². The lowest BCUT2D eigenvalue weighted by molar-refractivity contribution is -0.128. The van der Waals surface area contributed by atoms with Gasteiger partial charge in [-0.05, 0) is 35.7 Å². The molecule has 2 fully saturated rings. The molecule has 0 spiro atoms. The zero-order valence-corrected chi connectivity index (χ0v) is 20.9. The number of Topliss-reactive ketones (excluding diaryl/α,β-unsaturated/α-hetero) is 1. The summed E-state index contributed by atoms with van der Waals surface area (Å²) < 4.78 is 20.6. The van der Waals surface area contributed by atoms with Crippen molar-refractivity contribution < 1.29 is 13.9 Å². The van der Waals surface area contributed by atoms with Crippen molar-refractivity contribution in [1.29, 1.82) is 0 Å². The van der Waals surface area contributed by atoms with Crippen LogP contribution in [-0.4, -0.2) is 48.5 Å². The van der Waals surface area contributed by atoms with Crippen LogP contribution >= 0.6 is 11.3 Å². The molecular weight excluding hydrogens is 461 g/mol. The average Bonchev–Trinajstić information content (AvgIpc) is 3.37. The molecule has 4 heterocycles. The van der Waals surface area contributed by atoms with Crippen molar-refractivity contribution in [2.24, 2.45) is 5.41 Å². The number of pyridine rings is 1. The van der Waals surface area contributed by atoms with Crippen molar-refractivity contribution in [1.82, 2.24) is 9.88 Å². The van der Waals surface area contributed by atoms with Crippen molar-refractivity contribution in [3.8, 4) is 0 Å². The van der Waals surface area contributed by atoms with Crippen LogP contribution in [0.1, 0.15) is 36.0 Å². The third kappa shape index (κ3) is 5.08. The number of halogens is 1. The van der Waals surface area contributed by atoms with E-state index in [2.05, 4.69) is 15.9 Å². The number of rotatable bonds is 5. The summed E-state index contributed by atoms with van der Waals surface area (Å²) in [6.07, 6.45) is 1.87. The predicted molar refractivity (Wildman–Crippen MR) is 138 cm³/mol. The predicted octanol–water partition coefficient (Wildman–Crippen LogP) is 5.35. The van der Waals surface area contributed by atoms with Crippen LogP contribution in [0, 0.1) is 11.2 Å².